The molecule has 1 amide bonds. The normalized spacial score (nSPS) is 16.9. The van der Waals surface area contributed by atoms with E-state index in [1.165, 1.54) is 0 Å². The molecule has 1 aromatic heterocycles. The van der Waals surface area contributed by atoms with Crippen molar-refractivity contribution in [2.75, 3.05) is 18.0 Å². The molecule has 1 saturated heterocycles. The van der Waals surface area contributed by atoms with E-state index in [9.17, 15) is 9.18 Å². The molecule has 0 aromatic carbocycles. The molecule has 2 heterocycles. The highest BCUT2D eigenvalue weighted by Crippen LogP contribution is 2.25. The van der Waals surface area contributed by atoms with Crippen LogP contribution in [0.15, 0.2) is 6.20 Å². The molecule has 1 aliphatic heterocycles. The first kappa shape index (κ1) is 13.0. The van der Waals surface area contributed by atoms with E-state index in [1.807, 2.05) is 4.90 Å². The fourth-order valence-corrected chi connectivity index (χ4v) is 2.32. The van der Waals surface area contributed by atoms with Crippen LogP contribution < -0.4 is 10.6 Å². The van der Waals surface area contributed by atoms with Gasteiger partial charge in [-0.2, -0.15) is 4.98 Å². The molecule has 98 valence electrons. The number of piperidine rings is 1. The Bertz CT molecular complexity index is 449. The predicted molar refractivity (Wildman–Crippen MR) is 65.7 cm³/mol. The summed E-state index contributed by atoms with van der Waals surface area (Å²) < 4.78 is 13.6. The van der Waals surface area contributed by atoms with Crippen molar-refractivity contribution >= 4 is 23.3 Å². The Balaban J connectivity index is 2.01. The molecule has 0 spiro atoms. The predicted octanol–water partition coefficient (Wildman–Crippen LogP) is 1.36. The van der Waals surface area contributed by atoms with Gasteiger partial charge in [-0.3, -0.25) is 4.79 Å². The van der Waals surface area contributed by atoms with Gasteiger partial charge in [-0.25, -0.2) is 9.37 Å². The molecule has 0 aliphatic carbocycles. The van der Waals surface area contributed by atoms with Gasteiger partial charge in [-0.1, -0.05) is 0 Å². The van der Waals surface area contributed by atoms with Crippen LogP contribution in [0, 0.1) is 11.7 Å². The van der Waals surface area contributed by atoms with E-state index < -0.39 is 5.82 Å². The van der Waals surface area contributed by atoms with Gasteiger partial charge < -0.3 is 10.6 Å². The molecular formula is C11H14ClFN4O. The molecule has 0 atom stereocenters. The zero-order chi connectivity index (χ0) is 13.1. The topological polar surface area (TPSA) is 72.1 Å². The minimum atomic E-state index is -0.479. The van der Waals surface area contributed by atoms with E-state index in [0.717, 1.165) is 19.0 Å². The lowest BCUT2D eigenvalue weighted by Crippen LogP contribution is -2.36. The fourth-order valence-electron chi connectivity index (χ4n) is 2.19. The lowest BCUT2D eigenvalue weighted by atomic mass is 9.93. The van der Waals surface area contributed by atoms with Gasteiger partial charge >= 0.3 is 0 Å². The number of primary amides is 1. The molecule has 2 rings (SSSR count). The maximum atomic E-state index is 13.6. The molecule has 1 fully saturated rings. The molecule has 5 nitrogen and oxygen atoms in total. The van der Waals surface area contributed by atoms with E-state index >= 15 is 0 Å². The molecule has 0 bridgehead atoms. The zero-order valence-electron chi connectivity index (χ0n) is 9.77. The maximum absolute atomic E-state index is 13.6. The summed E-state index contributed by atoms with van der Waals surface area (Å²) in [5.74, 6) is -0.260. The van der Waals surface area contributed by atoms with Crippen molar-refractivity contribution in [3.8, 4) is 0 Å². The van der Waals surface area contributed by atoms with Crippen molar-refractivity contribution in [1.82, 2.24) is 9.97 Å². The van der Waals surface area contributed by atoms with Gasteiger partial charge in [0.2, 0.25) is 11.2 Å². The van der Waals surface area contributed by atoms with Crippen LogP contribution in [0.3, 0.4) is 0 Å². The number of amides is 1. The first-order valence-corrected chi connectivity index (χ1v) is 6.15. The molecule has 0 unspecified atom stereocenters. The first-order valence-electron chi connectivity index (χ1n) is 5.77. The molecule has 1 aliphatic rings. The summed E-state index contributed by atoms with van der Waals surface area (Å²) in [6, 6.07) is 0. The number of anilines is 1. The van der Waals surface area contributed by atoms with Crippen molar-refractivity contribution in [1.29, 1.82) is 0 Å². The Morgan fingerprint density at radius 1 is 1.56 bits per heavy atom. The Hall–Kier alpha value is -1.43. The Kier molecular flexibility index (Phi) is 3.96. The number of halogens is 2. The Labute approximate surface area is 109 Å². The molecule has 0 saturated carbocycles. The highest BCUT2D eigenvalue weighted by Gasteiger charge is 2.23. The third-order valence-electron chi connectivity index (χ3n) is 3.10. The van der Waals surface area contributed by atoms with Crippen molar-refractivity contribution in [3.63, 3.8) is 0 Å². The van der Waals surface area contributed by atoms with Crippen molar-refractivity contribution in [2.45, 2.75) is 19.3 Å². The number of nitrogens with two attached hydrogens (primary N) is 1. The summed E-state index contributed by atoms with van der Waals surface area (Å²) in [4.78, 5) is 20.1. The summed E-state index contributed by atoms with van der Waals surface area (Å²) in [7, 11) is 0. The average molecular weight is 273 g/mol. The lowest BCUT2D eigenvalue weighted by Gasteiger charge is -2.32. The van der Waals surface area contributed by atoms with E-state index in [4.69, 9.17) is 17.3 Å². The average Bonchev–Trinajstić information content (AvgIpc) is 2.33. The summed E-state index contributed by atoms with van der Waals surface area (Å²) in [5, 5.41) is 0.0330. The van der Waals surface area contributed by atoms with Crippen LogP contribution in [0.1, 0.15) is 19.3 Å². The van der Waals surface area contributed by atoms with E-state index in [1.54, 1.807) is 0 Å². The Morgan fingerprint density at radius 2 is 2.22 bits per heavy atom. The monoisotopic (exact) mass is 272 g/mol. The minimum absolute atomic E-state index is 0.0330. The van der Waals surface area contributed by atoms with Crippen molar-refractivity contribution in [3.05, 3.63) is 17.3 Å². The minimum Gasteiger partial charge on any atom is -0.370 e. The quantitative estimate of drug-likeness (QED) is 0.844. The van der Waals surface area contributed by atoms with Gasteiger partial charge in [0.25, 0.3) is 0 Å². The molecule has 0 radical (unpaired) electrons. The molecule has 2 N–H and O–H groups in total. The van der Waals surface area contributed by atoms with E-state index in [2.05, 4.69) is 9.97 Å². The zero-order valence-corrected chi connectivity index (χ0v) is 10.5. The maximum Gasteiger partial charge on any atom is 0.224 e. The van der Waals surface area contributed by atoms with Crippen LogP contribution in [-0.4, -0.2) is 29.0 Å². The van der Waals surface area contributed by atoms with Gasteiger partial charge in [-0.15, -0.1) is 0 Å². The first-order chi connectivity index (χ1) is 8.56. The number of carbonyl (C=O) groups excluding carboxylic acids is 1. The van der Waals surface area contributed by atoms with E-state index in [0.29, 0.717) is 19.5 Å². The number of rotatable bonds is 3. The lowest BCUT2D eigenvalue weighted by molar-refractivity contribution is -0.119. The molecular weight excluding hydrogens is 259 g/mol. The Morgan fingerprint density at radius 3 is 2.83 bits per heavy atom. The van der Waals surface area contributed by atoms with Crippen LogP contribution in [0.5, 0.6) is 0 Å². The number of nitrogens with zero attached hydrogens (tertiary/aromatic N) is 3. The molecule has 1 aromatic rings. The third-order valence-corrected chi connectivity index (χ3v) is 3.28. The molecule has 7 heteroatoms. The number of hydrogen-bond donors (Lipinski definition) is 1. The highest BCUT2D eigenvalue weighted by atomic mass is 35.5. The second-order valence-corrected chi connectivity index (χ2v) is 4.75. The number of carbonyl (C=O) groups is 1. The summed E-state index contributed by atoms with van der Waals surface area (Å²) in [5.41, 5.74) is 5.16. The fraction of sp³-hybridized carbons (Fsp3) is 0.545. The summed E-state index contributed by atoms with van der Waals surface area (Å²) in [6.45, 7) is 1.28. The van der Waals surface area contributed by atoms with Crippen LogP contribution in [0.25, 0.3) is 0 Å². The van der Waals surface area contributed by atoms with Crippen LogP contribution >= 0.6 is 11.6 Å². The van der Waals surface area contributed by atoms with Gasteiger partial charge in [0, 0.05) is 19.5 Å². The number of hydrogen-bond acceptors (Lipinski definition) is 4. The van der Waals surface area contributed by atoms with Gasteiger partial charge in [0.1, 0.15) is 0 Å². The summed E-state index contributed by atoms with van der Waals surface area (Å²) in [6.07, 6.45) is 3.05. The van der Waals surface area contributed by atoms with Gasteiger partial charge in [-0.05, 0) is 30.4 Å². The summed E-state index contributed by atoms with van der Waals surface area (Å²) >= 11 is 5.66. The van der Waals surface area contributed by atoms with Crippen LogP contribution in [0.2, 0.25) is 5.28 Å². The SMILES string of the molecule is NC(=O)CC1CCN(c2nc(Cl)ncc2F)CC1. The van der Waals surface area contributed by atoms with Gasteiger partial charge in [0.05, 0.1) is 6.20 Å². The van der Waals surface area contributed by atoms with E-state index in [-0.39, 0.29) is 22.9 Å². The van der Waals surface area contributed by atoms with Crippen LogP contribution in [-0.2, 0) is 4.79 Å². The molecule has 18 heavy (non-hydrogen) atoms. The second kappa shape index (κ2) is 5.48. The standard InChI is InChI=1S/C11H14ClFN4O/c12-11-15-6-8(13)10(16-11)17-3-1-7(2-4-17)5-9(14)18/h6-7H,1-5H2,(H2,14,18). The largest absolute Gasteiger partial charge is 0.370 e. The number of aromatic nitrogens is 2. The van der Waals surface area contributed by atoms with Crippen molar-refractivity contribution < 1.29 is 9.18 Å². The smallest absolute Gasteiger partial charge is 0.224 e. The van der Waals surface area contributed by atoms with Crippen molar-refractivity contribution in [2.24, 2.45) is 11.7 Å². The van der Waals surface area contributed by atoms with Gasteiger partial charge in [0.15, 0.2) is 11.6 Å². The highest BCUT2D eigenvalue weighted by molar-refractivity contribution is 6.28. The third kappa shape index (κ3) is 3.07. The van der Waals surface area contributed by atoms with Crippen LogP contribution in [0.4, 0.5) is 10.2 Å². The second-order valence-electron chi connectivity index (χ2n) is 4.41.